The van der Waals surface area contributed by atoms with E-state index in [2.05, 4.69) is 4.94 Å². The highest BCUT2D eigenvalue weighted by atomic mass is 16.8. The maximum Gasteiger partial charge on any atom is 0.259 e. The molecule has 74 valence electrons. The van der Waals surface area contributed by atoms with Gasteiger partial charge in [0.25, 0.3) is 11.8 Å². The maximum absolute atomic E-state index is 11.7. The molecule has 2 amide bonds. The smallest absolute Gasteiger partial charge is 0.259 e. The van der Waals surface area contributed by atoms with E-state index >= 15 is 0 Å². The first-order valence-corrected chi connectivity index (χ1v) is 4.67. The van der Waals surface area contributed by atoms with Gasteiger partial charge in [-0.15, -0.1) is 5.06 Å². The number of rotatable bonds is 1. The van der Waals surface area contributed by atoms with Crippen LogP contribution < -0.4 is 5.90 Å². The molecule has 0 aromatic rings. The summed E-state index contributed by atoms with van der Waals surface area (Å²) in [7, 11) is 0. The minimum absolute atomic E-state index is 0.210. The molecule has 5 nitrogen and oxygen atoms in total. The van der Waals surface area contributed by atoms with Crippen LogP contribution in [0.25, 0.3) is 0 Å². The SMILES string of the molecule is NON1C(=O)C2C3C=CC(C3)C2C1=O. The van der Waals surface area contributed by atoms with E-state index in [-0.39, 0.29) is 35.5 Å². The fraction of sp³-hybridized carbons (Fsp3) is 0.556. The van der Waals surface area contributed by atoms with Crippen LogP contribution in [0.15, 0.2) is 12.2 Å². The van der Waals surface area contributed by atoms with E-state index in [1.54, 1.807) is 0 Å². The Labute approximate surface area is 80.4 Å². The third-order valence-corrected chi connectivity index (χ3v) is 3.54. The summed E-state index contributed by atoms with van der Waals surface area (Å²) in [5.41, 5.74) is 0. The average molecular weight is 194 g/mol. The largest absolute Gasteiger partial charge is 0.272 e. The number of imide groups is 1. The Morgan fingerprint density at radius 1 is 1.21 bits per heavy atom. The van der Waals surface area contributed by atoms with Crippen molar-refractivity contribution in [3.8, 4) is 0 Å². The molecule has 0 aromatic heterocycles. The summed E-state index contributed by atoms with van der Waals surface area (Å²) in [5.74, 6) is 4.31. The fourth-order valence-corrected chi connectivity index (χ4v) is 2.98. The number of hydrogen-bond donors (Lipinski definition) is 1. The Hall–Kier alpha value is -1.20. The van der Waals surface area contributed by atoms with Gasteiger partial charge >= 0.3 is 0 Å². The molecule has 2 aliphatic carbocycles. The zero-order valence-electron chi connectivity index (χ0n) is 7.42. The third kappa shape index (κ3) is 0.726. The summed E-state index contributed by atoms with van der Waals surface area (Å²) in [6.07, 6.45) is 4.97. The lowest BCUT2D eigenvalue weighted by Gasteiger charge is -2.13. The molecule has 1 saturated heterocycles. The van der Waals surface area contributed by atoms with Crippen molar-refractivity contribution in [1.82, 2.24) is 5.06 Å². The zero-order valence-corrected chi connectivity index (χ0v) is 7.42. The van der Waals surface area contributed by atoms with E-state index in [4.69, 9.17) is 5.90 Å². The predicted molar refractivity (Wildman–Crippen MR) is 44.8 cm³/mol. The minimum Gasteiger partial charge on any atom is -0.272 e. The molecule has 14 heavy (non-hydrogen) atoms. The Morgan fingerprint density at radius 3 is 2.14 bits per heavy atom. The van der Waals surface area contributed by atoms with Gasteiger partial charge in [0.15, 0.2) is 0 Å². The van der Waals surface area contributed by atoms with Gasteiger partial charge in [-0.2, -0.15) is 10.8 Å². The van der Waals surface area contributed by atoms with Crippen LogP contribution >= 0.6 is 0 Å². The summed E-state index contributed by atoms with van der Waals surface area (Å²) in [4.78, 5) is 27.7. The van der Waals surface area contributed by atoms with Crippen LogP contribution in [0, 0.1) is 23.7 Å². The van der Waals surface area contributed by atoms with Crippen molar-refractivity contribution in [3.05, 3.63) is 12.2 Å². The number of carbonyl (C=O) groups is 2. The van der Waals surface area contributed by atoms with E-state index in [0.29, 0.717) is 5.06 Å². The molecule has 1 saturated carbocycles. The van der Waals surface area contributed by atoms with Crippen molar-refractivity contribution in [2.45, 2.75) is 6.42 Å². The van der Waals surface area contributed by atoms with Gasteiger partial charge in [0.1, 0.15) is 0 Å². The van der Waals surface area contributed by atoms with E-state index < -0.39 is 0 Å². The summed E-state index contributed by atoms with van der Waals surface area (Å²) in [5, 5.41) is 0.710. The van der Waals surface area contributed by atoms with E-state index in [1.807, 2.05) is 12.2 Å². The Kier molecular flexibility index (Phi) is 1.41. The molecule has 2 fully saturated rings. The number of fused-ring (bicyclic) bond motifs is 5. The first kappa shape index (κ1) is 8.14. The van der Waals surface area contributed by atoms with Crippen molar-refractivity contribution in [2.24, 2.45) is 29.6 Å². The molecule has 0 radical (unpaired) electrons. The highest BCUT2D eigenvalue weighted by Gasteiger charge is 2.60. The second kappa shape index (κ2) is 2.43. The van der Waals surface area contributed by atoms with Crippen LogP contribution in [0.1, 0.15) is 6.42 Å². The average Bonchev–Trinajstić information content (AvgIpc) is 2.80. The summed E-state index contributed by atoms with van der Waals surface area (Å²) in [6.45, 7) is 0. The van der Waals surface area contributed by atoms with Gasteiger partial charge in [0, 0.05) is 0 Å². The molecule has 2 bridgehead atoms. The van der Waals surface area contributed by atoms with Gasteiger partial charge in [-0.1, -0.05) is 12.2 Å². The van der Waals surface area contributed by atoms with Crippen LogP contribution in [0.2, 0.25) is 0 Å². The Balaban J connectivity index is 2.02. The van der Waals surface area contributed by atoms with Gasteiger partial charge in [-0.25, -0.2) is 0 Å². The van der Waals surface area contributed by atoms with Gasteiger partial charge in [0.05, 0.1) is 11.8 Å². The monoisotopic (exact) mass is 194 g/mol. The molecular formula is C9H10N2O3. The molecular weight excluding hydrogens is 184 g/mol. The van der Waals surface area contributed by atoms with E-state index in [9.17, 15) is 9.59 Å². The number of nitrogens with two attached hydrogens (primary N) is 1. The van der Waals surface area contributed by atoms with Crippen molar-refractivity contribution in [2.75, 3.05) is 0 Å². The van der Waals surface area contributed by atoms with Crippen molar-refractivity contribution >= 4 is 11.8 Å². The number of hydroxylamine groups is 2. The van der Waals surface area contributed by atoms with Crippen LogP contribution in [-0.2, 0) is 14.5 Å². The van der Waals surface area contributed by atoms with Crippen LogP contribution in [0.3, 0.4) is 0 Å². The predicted octanol–water partition coefficient (Wildman–Crippen LogP) is -0.401. The highest BCUT2D eigenvalue weighted by molar-refractivity contribution is 6.05. The number of allylic oxidation sites excluding steroid dienone is 2. The van der Waals surface area contributed by atoms with Crippen LogP contribution in [-0.4, -0.2) is 16.9 Å². The third-order valence-electron chi connectivity index (χ3n) is 3.54. The molecule has 3 rings (SSSR count). The molecule has 1 heterocycles. The van der Waals surface area contributed by atoms with E-state index in [1.165, 1.54) is 0 Å². The van der Waals surface area contributed by atoms with Gasteiger partial charge < -0.3 is 0 Å². The van der Waals surface area contributed by atoms with Gasteiger partial charge in [-0.05, 0) is 18.3 Å². The molecule has 0 spiro atoms. The number of amides is 2. The molecule has 5 heteroatoms. The standard InChI is InChI=1S/C9H10N2O3/c10-14-11-8(12)6-4-1-2-5(3-4)7(6)9(11)13/h1-2,4-7H,3,10H2. The first-order chi connectivity index (χ1) is 6.74. The van der Waals surface area contributed by atoms with Crippen molar-refractivity contribution in [3.63, 3.8) is 0 Å². The Bertz CT molecular complexity index is 322. The summed E-state index contributed by atoms with van der Waals surface area (Å²) in [6, 6.07) is 0. The fourth-order valence-electron chi connectivity index (χ4n) is 2.98. The normalized spacial score (nSPS) is 43.9. The highest BCUT2D eigenvalue weighted by Crippen LogP contribution is 2.52. The van der Waals surface area contributed by atoms with Crippen LogP contribution in [0.5, 0.6) is 0 Å². The number of carbonyl (C=O) groups excluding carboxylic acids is 2. The van der Waals surface area contributed by atoms with Crippen molar-refractivity contribution in [1.29, 1.82) is 0 Å². The number of nitrogens with zero attached hydrogens (tertiary/aromatic N) is 1. The molecule has 1 aliphatic heterocycles. The second-order valence-electron chi connectivity index (χ2n) is 4.08. The lowest BCUT2D eigenvalue weighted by molar-refractivity contribution is -0.191. The zero-order chi connectivity index (χ0) is 9.87. The molecule has 4 atom stereocenters. The quantitative estimate of drug-likeness (QED) is 0.350. The van der Waals surface area contributed by atoms with Crippen LogP contribution in [0.4, 0.5) is 0 Å². The number of hydrogen-bond acceptors (Lipinski definition) is 4. The second-order valence-corrected chi connectivity index (χ2v) is 4.08. The topological polar surface area (TPSA) is 72.6 Å². The van der Waals surface area contributed by atoms with Crippen molar-refractivity contribution < 1.29 is 14.5 Å². The minimum atomic E-state index is -0.278. The van der Waals surface area contributed by atoms with E-state index in [0.717, 1.165) is 6.42 Å². The molecule has 3 aliphatic rings. The summed E-state index contributed by atoms with van der Waals surface area (Å²) >= 11 is 0. The van der Waals surface area contributed by atoms with Gasteiger partial charge in [-0.3, -0.25) is 9.59 Å². The lowest BCUT2D eigenvalue weighted by Crippen LogP contribution is -2.35. The Morgan fingerprint density at radius 2 is 1.71 bits per heavy atom. The maximum atomic E-state index is 11.7. The molecule has 0 aromatic carbocycles. The first-order valence-electron chi connectivity index (χ1n) is 4.67. The molecule has 2 N–H and O–H groups in total. The molecule has 4 unspecified atom stereocenters. The lowest BCUT2D eigenvalue weighted by atomic mass is 9.85. The summed E-state index contributed by atoms with van der Waals surface area (Å²) < 4.78 is 0. The van der Waals surface area contributed by atoms with Gasteiger partial charge in [0.2, 0.25) is 0 Å².